The van der Waals surface area contributed by atoms with Crippen molar-refractivity contribution in [1.29, 1.82) is 0 Å². The Morgan fingerprint density at radius 1 is 0.815 bits per heavy atom. The lowest BCUT2D eigenvalue weighted by Crippen LogP contribution is -2.20. The second-order valence-corrected chi connectivity index (χ2v) is 7.39. The van der Waals surface area contributed by atoms with Crippen LogP contribution in [0.4, 0.5) is 0 Å². The second-order valence-electron chi connectivity index (χ2n) is 7.39. The SMILES string of the molecule is CCCCCCCCC(CC)C(=O)Oc1ccc(Cc2ccccc2)cc1. The van der Waals surface area contributed by atoms with Crippen LogP contribution in [0, 0.1) is 5.92 Å². The van der Waals surface area contributed by atoms with E-state index < -0.39 is 0 Å². The van der Waals surface area contributed by atoms with Crippen molar-refractivity contribution in [1.82, 2.24) is 0 Å². The van der Waals surface area contributed by atoms with Gasteiger partial charge in [-0.2, -0.15) is 0 Å². The maximum Gasteiger partial charge on any atom is 0.314 e. The molecular weight excluding hydrogens is 332 g/mol. The van der Waals surface area contributed by atoms with Crippen LogP contribution in [0.15, 0.2) is 54.6 Å². The summed E-state index contributed by atoms with van der Waals surface area (Å²) < 4.78 is 5.63. The van der Waals surface area contributed by atoms with Gasteiger partial charge in [-0.1, -0.05) is 94.8 Å². The van der Waals surface area contributed by atoms with Gasteiger partial charge >= 0.3 is 5.97 Å². The van der Waals surface area contributed by atoms with Gasteiger partial charge in [0.2, 0.25) is 0 Å². The van der Waals surface area contributed by atoms with Crippen LogP contribution in [0.2, 0.25) is 0 Å². The maximum absolute atomic E-state index is 12.5. The maximum atomic E-state index is 12.5. The third-order valence-corrected chi connectivity index (χ3v) is 5.13. The molecule has 146 valence electrons. The Labute approximate surface area is 165 Å². The smallest absolute Gasteiger partial charge is 0.314 e. The molecule has 0 aliphatic heterocycles. The molecule has 0 spiro atoms. The molecule has 0 heterocycles. The lowest BCUT2D eigenvalue weighted by Gasteiger charge is -2.14. The van der Waals surface area contributed by atoms with E-state index in [0.717, 1.165) is 25.7 Å². The van der Waals surface area contributed by atoms with Gasteiger partial charge < -0.3 is 4.74 Å². The van der Waals surface area contributed by atoms with E-state index in [1.165, 1.54) is 43.2 Å². The Kier molecular flexibility index (Phi) is 9.68. The summed E-state index contributed by atoms with van der Waals surface area (Å²) in [5, 5.41) is 0. The summed E-state index contributed by atoms with van der Waals surface area (Å²) in [6.07, 6.45) is 10.2. The van der Waals surface area contributed by atoms with Gasteiger partial charge in [0.25, 0.3) is 0 Å². The minimum Gasteiger partial charge on any atom is -0.426 e. The van der Waals surface area contributed by atoms with Crippen molar-refractivity contribution >= 4 is 5.97 Å². The zero-order valence-electron chi connectivity index (χ0n) is 17.0. The molecule has 0 saturated heterocycles. The zero-order chi connectivity index (χ0) is 19.3. The molecule has 0 radical (unpaired) electrons. The number of rotatable bonds is 12. The van der Waals surface area contributed by atoms with Crippen molar-refractivity contribution in [2.75, 3.05) is 0 Å². The highest BCUT2D eigenvalue weighted by molar-refractivity contribution is 5.75. The fourth-order valence-corrected chi connectivity index (χ4v) is 3.37. The van der Waals surface area contributed by atoms with Crippen LogP contribution in [-0.4, -0.2) is 5.97 Å². The highest BCUT2D eigenvalue weighted by atomic mass is 16.5. The Balaban J connectivity index is 1.77. The summed E-state index contributed by atoms with van der Waals surface area (Å²) in [5.74, 6) is 0.584. The Morgan fingerprint density at radius 3 is 2.11 bits per heavy atom. The summed E-state index contributed by atoms with van der Waals surface area (Å²) in [6, 6.07) is 18.3. The van der Waals surface area contributed by atoms with E-state index in [0.29, 0.717) is 5.75 Å². The highest BCUT2D eigenvalue weighted by Gasteiger charge is 2.18. The Morgan fingerprint density at radius 2 is 1.44 bits per heavy atom. The molecule has 2 aromatic rings. The first-order valence-corrected chi connectivity index (χ1v) is 10.6. The van der Waals surface area contributed by atoms with Crippen LogP contribution >= 0.6 is 0 Å². The van der Waals surface area contributed by atoms with Gasteiger partial charge in [-0.15, -0.1) is 0 Å². The molecule has 2 nitrogen and oxygen atoms in total. The van der Waals surface area contributed by atoms with Crippen LogP contribution < -0.4 is 4.74 Å². The van der Waals surface area contributed by atoms with Crippen molar-refractivity contribution in [3.05, 3.63) is 65.7 Å². The number of esters is 1. The van der Waals surface area contributed by atoms with Crippen molar-refractivity contribution in [3.8, 4) is 5.75 Å². The van der Waals surface area contributed by atoms with Crippen LogP contribution in [0.3, 0.4) is 0 Å². The molecule has 1 unspecified atom stereocenters. The van der Waals surface area contributed by atoms with Gasteiger partial charge in [-0.25, -0.2) is 0 Å². The van der Waals surface area contributed by atoms with Crippen LogP contribution in [0.25, 0.3) is 0 Å². The van der Waals surface area contributed by atoms with Crippen LogP contribution in [0.5, 0.6) is 5.75 Å². The van der Waals surface area contributed by atoms with E-state index in [9.17, 15) is 4.79 Å². The molecule has 0 bridgehead atoms. The van der Waals surface area contributed by atoms with E-state index >= 15 is 0 Å². The number of carbonyl (C=O) groups excluding carboxylic acids is 1. The van der Waals surface area contributed by atoms with Gasteiger partial charge in [-0.05, 0) is 42.5 Å². The number of carbonyl (C=O) groups is 1. The molecule has 0 aromatic heterocycles. The predicted octanol–water partition coefficient (Wildman–Crippen LogP) is 6.96. The average Bonchev–Trinajstić information content (AvgIpc) is 2.70. The van der Waals surface area contributed by atoms with Gasteiger partial charge in [-0.3, -0.25) is 4.79 Å². The zero-order valence-corrected chi connectivity index (χ0v) is 17.0. The molecule has 0 amide bonds. The molecular formula is C25H34O2. The number of hydrogen-bond acceptors (Lipinski definition) is 2. The third-order valence-electron chi connectivity index (χ3n) is 5.13. The molecule has 2 aromatic carbocycles. The van der Waals surface area contributed by atoms with E-state index in [2.05, 4.69) is 38.1 Å². The topological polar surface area (TPSA) is 26.3 Å². The monoisotopic (exact) mass is 366 g/mol. The first kappa shape index (κ1) is 21.2. The van der Waals surface area contributed by atoms with E-state index in [1.807, 2.05) is 30.3 Å². The Bertz CT molecular complexity index is 646. The van der Waals surface area contributed by atoms with Crippen LogP contribution in [-0.2, 0) is 11.2 Å². The Hall–Kier alpha value is -2.09. The highest BCUT2D eigenvalue weighted by Crippen LogP contribution is 2.20. The largest absolute Gasteiger partial charge is 0.426 e. The summed E-state index contributed by atoms with van der Waals surface area (Å²) in [7, 11) is 0. The van der Waals surface area contributed by atoms with Gasteiger partial charge in [0.05, 0.1) is 5.92 Å². The van der Waals surface area contributed by atoms with Gasteiger partial charge in [0.1, 0.15) is 5.75 Å². The van der Waals surface area contributed by atoms with Crippen molar-refractivity contribution in [3.63, 3.8) is 0 Å². The van der Waals surface area contributed by atoms with Gasteiger partial charge in [0, 0.05) is 0 Å². The summed E-state index contributed by atoms with van der Waals surface area (Å²) in [6.45, 7) is 4.31. The summed E-state index contributed by atoms with van der Waals surface area (Å²) >= 11 is 0. The molecule has 2 heteroatoms. The minimum atomic E-state index is -0.0816. The standard InChI is InChI=1S/C25H34O2/c1-3-5-6-7-8-12-15-23(4-2)25(26)27-24-18-16-22(17-19-24)20-21-13-10-9-11-14-21/h9-11,13-14,16-19,23H,3-8,12,15,20H2,1-2H3. The molecule has 0 aliphatic rings. The molecule has 0 N–H and O–H groups in total. The fourth-order valence-electron chi connectivity index (χ4n) is 3.37. The first-order chi connectivity index (χ1) is 13.2. The number of unbranched alkanes of at least 4 members (excludes halogenated alkanes) is 5. The quantitative estimate of drug-likeness (QED) is 0.230. The lowest BCUT2D eigenvalue weighted by atomic mass is 9.98. The molecule has 0 saturated carbocycles. The van der Waals surface area contributed by atoms with Crippen LogP contribution in [0.1, 0.15) is 76.3 Å². The van der Waals surface area contributed by atoms with Crippen molar-refractivity contribution < 1.29 is 9.53 Å². The molecule has 0 aliphatic carbocycles. The lowest BCUT2D eigenvalue weighted by molar-refractivity contribution is -0.139. The summed E-state index contributed by atoms with van der Waals surface area (Å²) in [5.41, 5.74) is 2.51. The predicted molar refractivity (Wildman–Crippen MR) is 113 cm³/mol. The fraction of sp³-hybridized carbons (Fsp3) is 0.480. The van der Waals surface area contributed by atoms with E-state index in [1.54, 1.807) is 0 Å². The molecule has 27 heavy (non-hydrogen) atoms. The number of ether oxygens (including phenoxy) is 1. The normalized spacial score (nSPS) is 11.9. The van der Waals surface area contributed by atoms with Gasteiger partial charge in [0.15, 0.2) is 0 Å². The first-order valence-electron chi connectivity index (χ1n) is 10.6. The summed E-state index contributed by atoms with van der Waals surface area (Å²) in [4.78, 5) is 12.5. The van der Waals surface area contributed by atoms with Crippen molar-refractivity contribution in [2.24, 2.45) is 5.92 Å². The molecule has 2 rings (SSSR count). The average molecular weight is 367 g/mol. The van der Waals surface area contributed by atoms with E-state index in [-0.39, 0.29) is 11.9 Å². The number of hydrogen-bond donors (Lipinski definition) is 0. The third kappa shape index (κ3) is 7.99. The van der Waals surface area contributed by atoms with E-state index in [4.69, 9.17) is 4.74 Å². The second kappa shape index (κ2) is 12.3. The minimum absolute atomic E-state index is 0.0140. The van der Waals surface area contributed by atoms with Crippen molar-refractivity contribution in [2.45, 2.75) is 71.6 Å². The number of benzene rings is 2. The molecule has 1 atom stereocenters. The molecule has 0 fully saturated rings.